The SMILES string of the molecule is CC(=O)SCC1=CC2OC(=O)C3=COC(OC4OC(CO)C(O)C(O)C4O)C1C32. The Balaban J connectivity index is 1.56. The van der Waals surface area contributed by atoms with Gasteiger partial charge in [-0.1, -0.05) is 17.3 Å². The molecular weight excluding hydrogens is 408 g/mol. The number of carbonyl (C=O) groups is 2. The van der Waals surface area contributed by atoms with E-state index in [0.717, 1.165) is 17.3 Å². The van der Waals surface area contributed by atoms with Gasteiger partial charge in [0.2, 0.25) is 6.29 Å². The first kappa shape index (κ1) is 20.8. The summed E-state index contributed by atoms with van der Waals surface area (Å²) in [5, 5.41) is 39.4. The van der Waals surface area contributed by atoms with Gasteiger partial charge >= 0.3 is 5.97 Å². The molecule has 10 nitrogen and oxygen atoms in total. The van der Waals surface area contributed by atoms with Gasteiger partial charge in [0.15, 0.2) is 11.4 Å². The van der Waals surface area contributed by atoms with Crippen LogP contribution in [0.3, 0.4) is 0 Å². The molecule has 2 fully saturated rings. The molecule has 9 atom stereocenters. The highest BCUT2D eigenvalue weighted by atomic mass is 32.2. The lowest BCUT2D eigenvalue weighted by atomic mass is 9.84. The largest absolute Gasteiger partial charge is 0.471 e. The first-order valence-electron chi connectivity index (χ1n) is 9.18. The molecule has 11 heteroatoms. The Morgan fingerprint density at radius 1 is 1.17 bits per heavy atom. The molecule has 4 aliphatic rings. The van der Waals surface area contributed by atoms with Crippen molar-refractivity contribution in [2.24, 2.45) is 11.8 Å². The molecule has 0 radical (unpaired) electrons. The van der Waals surface area contributed by atoms with Crippen LogP contribution in [0.5, 0.6) is 0 Å². The van der Waals surface area contributed by atoms with Crippen molar-refractivity contribution in [1.82, 2.24) is 0 Å². The fourth-order valence-electron chi connectivity index (χ4n) is 4.12. The van der Waals surface area contributed by atoms with Crippen molar-refractivity contribution < 1.29 is 49.0 Å². The van der Waals surface area contributed by atoms with Crippen LogP contribution in [0.1, 0.15) is 6.92 Å². The van der Waals surface area contributed by atoms with Gasteiger partial charge in [0.25, 0.3) is 0 Å². The molecule has 0 saturated carbocycles. The highest BCUT2D eigenvalue weighted by Crippen LogP contribution is 2.49. The molecule has 2 saturated heterocycles. The number of thioether (sulfide) groups is 1. The van der Waals surface area contributed by atoms with Crippen LogP contribution in [0.2, 0.25) is 0 Å². The van der Waals surface area contributed by atoms with Gasteiger partial charge in [0.05, 0.1) is 24.4 Å². The van der Waals surface area contributed by atoms with Crippen molar-refractivity contribution >= 4 is 22.8 Å². The third-order valence-corrected chi connectivity index (χ3v) is 6.45. The van der Waals surface area contributed by atoms with Crippen LogP contribution in [-0.2, 0) is 28.5 Å². The van der Waals surface area contributed by atoms with Crippen molar-refractivity contribution in [3.05, 3.63) is 23.5 Å². The number of aliphatic hydroxyl groups excluding tert-OH is 4. The van der Waals surface area contributed by atoms with Gasteiger partial charge in [0.1, 0.15) is 30.5 Å². The van der Waals surface area contributed by atoms with E-state index in [2.05, 4.69) is 0 Å². The summed E-state index contributed by atoms with van der Waals surface area (Å²) >= 11 is 1.10. The van der Waals surface area contributed by atoms with Crippen molar-refractivity contribution in [1.29, 1.82) is 0 Å². The molecule has 0 amide bonds. The minimum Gasteiger partial charge on any atom is -0.471 e. The molecule has 4 N–H and O–H groups in total. The molecule has 1 aliphatic carbocycles. The summed E-state index contributed by atoms with van der Waals surface area (Å²) in [6.07, 6.45) is -5.64. The first-order valence-corrected chi connectivity index (χ1v) is 10.2. The van der Waals surface area contributed by atoms with E-state index in [1.807, 2.05) is 0 Å². The quantitative estimate of drug-likeness (QED) is 0.295. The van der Waals surface area contributed by atoms with Gasteiger partial charge in [-0.25, -0.2) is 4.79 Å². The molecular formula is C18H22O10S. The maximum atomic E-state index is 12.0. The number of hydrogen-bond donors (Lipinski definition) is 4. The van der Waals surface area contributed by atoms with Crippen LogP contribution in [0.15, 0.2) is 23.5 Å². The monoisotopic (exact) mass is 430 g/mol. The normalized spacial score (nSPS) is 43.2. The lowest BCUT2D eigenvalue weighted by Gasteiger charge is -2.42. The van der Waals surface area contributed by atoms with Gasteiger partial charge in [-0.2, -0.15) is 0 Å². The minimum absolute atomic E-state index is 0.0705. The summed E-state index contributed by atoms with van der Waals surface area (Å²) in [7, 11) is 0. The van der Waals surface area contributed by atoms with Crippen LogP contribution in [0, 0.1) is 11.8 Å². The minimum atomic E-state index is -1.59. The Hall–Kier alpha value is -1.47. The van der Waals surface area contributed by atoms with E-state index < -0.39 is 61.6 Å². The lowest BCUT2D eigenvalue weighted by molar-refractivity contribution is -0.339. The molecule has 0 aromatic rings. The van der Waals surface area contributed by atoms with E-state index in [4.69, 9.17) is 18.9 Å². The summed E-state index contributed by atoms with van der Waals surface area (Å²) in [6, 6.07) is 0. The molecule has 29 heavy (non-hydrogen) atoms. The second-order valence-corrected chi connectivity index (χ2v) is 8.51. The third kappa shape index (κ3) is 3.61. The molecule has 3 heterocycles. The standard InChI is InChI=1S/C18H22O10S/c1-6(20)29-5-7-2-9-12-8(16(24)26-9)4-25-17(11(7)12)28-18-15(23)14(22)13(21)10(3-19)27-18/h2,4,9-15,17-19,21-23H,3,5H2,1H3. The van der Waals surface area contributed by atoms with Crippen molar-refractivity contribution in [3.63, 3.8) is 0 Å². The second kappa shape index (κ2) is 7.99. The molecule has 0 spiro atoms. The fraction of sp³-hybridized carbons (Fsp3) is 0.667. The summed E-state index contributed by atoms with van der Waals surface area (Å²) < 4.78 is 22.1. The highest BCUT2D eigenvalue weighted by molar-refractivity contribution is 8.13. The highest BCUT2D eigenvalue weighted by Gasteiger charge is 2.56. The van der Waals surface area contributed by atoms with E-state index in [1.54, 1.807) is 6.08 Å². The van der Waals surface area contributed by atoms with Crippen LogP contribution < -0.4 is 0 Å². The average Bonchev–Trinajstić information content (AvgIpc) is 3.20. The second-order valence-electron chi connectivity index (χ2n) is 7.35. The van der Waals surface area contributed by atoms with Gasteiger partial charge in [-0.3, -0.25) is 4.79 Å². The van der Waals surface area contributed by atoms with E-state index >= 15 is 0 Å². The predicted molar refractivity (Wildman–Crippen MR) is 95.9 cm³/mol. The summed E-state index contributed by atoms with van der Waals surface area (Å²) in [5.41, 5.74) is 1.17. The first-order chi connectivity index (χ1) is 13.8. The van der Waals surface area contributed by atoms with Crippen molar-refractivity contribution in [3.8, 4) is 0 Å². The van der Waals surface area contributed by atoms with E-state index in [1.165, 1.54) is 13.2 Å². The molecule has 0 aromatic carbocycles. The third-order valence-electron chi connectivity index (χ3n) is 5.57. The van der Waals surface area contributed by atoms with Gasteiger partial charge < -0.3 is 39.4 Å². The van der Waals surface area contributed by atoms with Crippen molar-refractivity contribution in [2.45, 2.75) is 50.0 Å². The molecule has 0 bridgehead atoms. The Labute approximate surface area is 170 Å². The smallest absolute Gasteiger partial charge is 0.338 e. The van der Waals surface area contributed by atoms with Gasteiger partial charge in [-0.05, 0) is 6.08 Å². The van der Waals surface area contributed by atoms with E-state index in [-0.39, 0.29) is 11.0 Å². The molecule has 4 rings (SSSR count). The van der Waals surface area contributed by atoms with Gasteiger partial charge in [0, 0.05) is 18.6 Å². The maximum absolute atomic E-state index is 12.0. The number of esters is 1. The zero-order valence-electron chi connectivity index (χ0n) is 15.4. The number of carbonyl (C=O) groups excluding carboxylic acids is 2. The molecule has 0 aromatic heterocycles. The summed E-state index contributed by atoms with van der Waals surface area (Å²) in [5.74, 6) is -0.944. The van der Waals surface area contributed by atoms with Crippen LogP contribution in [0.4, 0.5) is 0 Å². The fourth-order valence-corrected chi connectivity index (χ4v) is 4.78. The summed E-state index contributed by atoms with van der Waals surface area (Å²) in [6.45, 7) is 0.864. The van der Waals surface area contributed by atoms with Crippen LogP contribution in [0.25, 0.3) is 0 Å². The number of ether oxygens (including phenoxy) is 4. The maximum Gasteiger partial charge on any atom is 0.338 e. The Morgan fingerprint density at radius 2 is 1.93 bits per heavy atom. The topological polar surface area (TPSA) is 152 Å². The van der Waals surface area contributed by atoms with Gasteiger partial charge in [-0.15, -0.1) is 0 Å². The van der Waals surface area contributed by atoms with Crippen LogP contribution in [-0.4, -0.2) is 87.0 Å². The Kier molecular flexibility index (Phi) is 5.73. The number of rotatable bonds is 5. The Morgan fingerprint density at radius 3 is 2.62 bits per heavy atom. The van der Waals surface area contributed by atoms with E-state index in [0.29, 0.717) is 11.3 Å². The molecule has 3 aliphatic heterocycles. The molecule has 9 unspecified atom stereocenters. The van der Waals surface area contributed by atoms with Crippen molar-refractivity contribution in [2.75, 3.05) is 12.4 Å². The molecule has 160 valence electrons. The van der Waals surface area contributed by atoms with E-state index in [9.17, 15) is 30.0 Å². The zero-order valence-corrected chi connectivity index (χ0v) is 16.2. The summed E-state index contributed by atoms with van der Waals surface area (Å²) in [4.78, 5) is 23.4. The van der Waals surface area contributed by atoms with Crippen LogP contribution >= 0.6 is 11.8 Å². The zero-order chi connectivity index (χ0) is 20.9. The average molecular weight is 430 g/mol. The lowest BCUT2D eigenvalue weighted by Crippen LogP contribution is -2.60. The predicted octanol–water partition coefficient (Wildman–Crippen LogP) is -1.58. The number of aliphatic hydroxyl groups is 4. The Bertz CT molecular complexity index is 749. The number of hydrogen-bond acceptors (Lipinski definition) is 11.